The number of benzene rings is 1. The molecule has 1 N–H and O–H groups in total. The minimum absolute atomic E-state index is 0.157. The molecule has 0 radical (unpaired) electrons. The number of nitrogens with zero attached hydrogens (tertiary/aromatic N) is 5. The second-order valence-electron chi connectivity index (χ2n) is 10.3. The fourth-order valence-corrected chi connectivity index (χ4v) is 8.49. The SMILES string of the molecule is C[C@H](CO)N1C(=O)[C@@H]2[C@H]3C(=O)OCCC=C[C@@]3(C)S[C@@]23C=CCN(Cn2nnc4ccccc42)C(=O)C13. The molecule has 6 rings (SSSR count). The second-order valence-corrected chi connectivity index (χ2v) is 12.1. The second kappa shape index (κ2) is 8.70. The standard InChI is InChI=1S/C26H29N5O5S/c1-16(14-32)31-21-23(34)29(15-30-18-9-4-3-8-17(18)27-28-30)12-7-11-26(21)19(22(31)33)20-24(35)36-13-6-5-10-25(20,2)37-26/h3-5,7-11,16,19-21,32H,6,12-15H2,1-2H3/t16-,19+,20+,21?,25-,26+/m1/s1. The van der Waals surface area contributed by atoms with Crippen molar-refractivity contribution in [1.29, 1.82) is 0 Å². The van der Waals surface area contributed by atoms with Gasteiger partial charge < -0.3 is 19.6 Å². The summed E-state index contributed by atoms with van der Waals surface area (Å²) in [6.45, 7) is 4.11. The van der Waals surface area contributed by atoms with Crippen LogP contribution in [0.15, 0.2) is 48.6 Å². The highest BCUT2D eigenvalue weighted by atomic mass is 32.2. The van der Waals surface area contributed by atoms with E-state index in [1.165, 1.54) is 16.7 Å². The lowest BCUT2D eigenvalue weighted by atomic mass is 9.74. The van der Waals surface area contributed by atoms with E-state index < -0.39 is 39.4 Å². The van der Waals surface area contributed by atoms with Crippen molar-refractivity contribution in [3.63, 3.8) is 0 Å². The number of rotatable bonds is 4. The Bertz CT molecular complexity index is 1340. The molecule has 0 aliphatic carbocycles. The van der Waals surface area contributed by atoms with Crippen molar-refractivity contribution in [3.05, 3.63) is 48.6 Å². The minimum Gasteiger partial charge on any atom is -0.465 e. The maximum atomic E-state index is 14.3. The number of aromatic nitrogens is 3. The summed E-state index contributed by atoms with van der Waals surface area (Å²) in [7, 11) is 0. The summed E-state index contributed by atoms with van der Waals surface area (Å²) in [5, 5.41) is 18.5. The van der Waals surface area contributed by atoms with Gasteiger partial charge in [0.1, 0.15) is 18.2 Å². The molecule has 4 aliphatic heterocycles. The number of para-hydroxylation sites is 1. The van der Waals surface area contributed by atoms with Crippen molar-refractivity contribution >= 4 is 40.6 Å². The number of aliphatic hydroxyl groups excluding tert-OH is 1. The van der Waals surface area contributed by atoms with Gasteiger partial charge >= 0.3 is 5.97 Å². The Morgan fingerprint density at radius 3 is 2.78 bits per heavy atom. The van der Waals surface area contributed by atoms with Crippen molar-refractivity contribution < 1.29 is 24.2 Å². The number of fused-ring (bicyclic) bond motifs is 3. The van der Waals surface area contributed by atoms with Crippen LogP contribution in [0.1, 0.15) is 20.3 Å². The lowest BCUT2D eigenvalue weighted by molar-refractivity contribution is -0.154. The van der Waals surface area contributed by atoms with Gasteiger partial charge in [0.05, 0.1) is 41.4 Å². The Balaban J connectivity index is 1.44. The van der Waals surface area contributed by atoms with Gasteiger partial charge in [-0.25, -0.2) is 4.68 Å². The van der Waals surface area contributed by atoms with E-state index >= 15 is 0 Å². The fraction of sp³-hybridized carbons (Fsp3) is 0.500. The highest BCUT2D eigenvalue weighted by Crippen LogP contribution is 2.65. The Morgan fingerprint density at radius 2 is 1.97 bits per heavy atom. The average Bonchev–Trinajstić information content (AvgIpc) is 3.44. The van der Waals surface area contributed by atoms with Crippen molar-refractivity contribution in [2.45, 2.75) is 48.5 Å². The van der Waals surface area contributed by atoms with E-state index in [4.69, 9.17) is 4.74 Å². The average molecular weight is 524 g/mol. The van der Waals surface area contributed by atoms with Gasteiger partial charge in [-0.15, -0.1) is 16.9 Å². The summed E-state index contributed by atoms with van der Waals surface area (Å²) >= 11 is 1.49. The molecule has 1 aromatic carbocycles. The van der Waals surface area contributed by atoms with Gasteiger partial charge in [-0.1, -0.05) is 41.7 Å². The lowest BCUT2D eigenvalue weighted by Crippen LogP contribution is -2.56. The number of esters is 1. The van der Waals surface area contributed by atoms with Crippen molar-refractivity contribution in [2.24, 2.45) is 11.8 Å². The third-order valence-corrected chi connectivity index (χ3v) is 9.80. The molecule has 2 saturated heterocycles. The van der Waals surface area contributed by atoms with E-state index in [0.29, 0.717) is 13.0 Å². The van der Waals surface area contributed by atoms with Gasteiger partial charge in [-0.3, -0.25) is 14.4 Å². The topological polar surface area (TPSA) is 118 Å². The van der Waals surface area contributed by atoms with E-state index in [1.54, 1.807) is 16.5 Å². The van der Waals surface area contributed by atoms with Gasteiger partial charge in [0.25, 0.3) is 0 Å². The number of hydrogen-bond donors (Lipinski definition) is 1. The first-order valence-corrected chi connectivity index (χ1v) is 13.3. The molecular formula is C26H29N5O5S. The normalized spacial score (nSPS) is 34.0. The smallest absolute Gasteiger partial charge is 0.311 e. The first kappa shape index (κ1) is 24.2. The molecule has 37 heavy (non-hydrogen) atoms. The lowest BCUT2D eigenvalue weighted by Gasteiger charge is -2.39. The number of amides is 2. The first-order chi connectivity index (χ1) is 17.8. The Morgan fingerprint density at radius 1 is 1.16 bits per heavy atom. The molecule has 1 aromatic heterocycles. The van der Waals surface area contributed by atoms with E-state index in [1.807, 2.05) is 55.5 Å². The quantitative estimate of drug-likeness (QED) is 0.472. The van der Waals surface area contributed by atoms with Gasteiger partial charge in [-0.05, 0) is 32.4 Å². The monoisotopic (exact) mass is 523 g/mol. The number of carbonyl (C=O) groups excluding carboxylic acids is 3. The van der Waals surface area contributed by atoms with Gasteiger partial charge in [0.15, 0.2) is 0 Å². The van der Waals surface area contributed by atoms with Crippen LogP contribution in [-0.4, -0.2) is 89.0 Å². The van der Waals surface area contributed by atoms with Gasteiger partial charge in [0, 0.05) is 11.3 Å². The molecule has 2 aromatic rings. The fourth-order valence-electron chi connectivity index (χ4n) is 6.35. The molecule has 6 atom stereocenters. The largest absolute Gasteiger partial charge is 0.465 e. The summed E-state index contributed by atoms with van der Waals surface area (Å²) in [6, 6.07) is 6.03. The van der Waals surface area contributed by atoms with Gasteiger partial charge in [0.2, 0.25) is 11.8 Å². The maximum absolute atomic E-state index is 14.3. The van der Waals surface area contributed by atoms with Crippen LogP contribution in [0, 0.1) is 11.8 Å². The highest BCUT2D eigenvalue weighted by Gasteiger charge is 2.74. The molecule has 1 unspecified atom stereocenters. The van der Waals surface area contributed by atoms with E-state index in [0.717, 1.165) is 11.0 Å². The Kier molecular flexibility index (Phi) is 5.68. The van der Waals surface area contributed by atoms with Crippen molar-refractivity contribution in [1.82, 2.24) is 24.8 Å². The molecule has 10 nitrogen and oxygen atoms in total. The van der Waals surface area contributed by atoms with Crippen LogP contribution in [-0.2, 0) is 25.8 Å². The third kappa shape index (κ3) is 3.47. The predicted octanol–water partition coefficient (Wildman–Crippen LogP) is 1.36. The van der Waals surface area contributed by atoms with Crippen LogP contribution < -0.4 is 0 Å². The highest BCUT2D eigenvalue weighted by molar-refractivity contribution is 8.02. The summed E-state index contributed by atoms with van der Waals surface area (Å²) in [4.78, 5) is 44.9. The summed E-state index contributed by atoms with van der Waals surface area (Å²) < 4.78 is 5.52. The molecule has 2 fully saturated rings. The Hall–Kier alpha value is -3.18. The molecule has 11 heteroatoms. The molecule has 0 bridgehead atoms. The van der Waals surface area contributed by atoms with Crippen molar-refractivity contribution in [3.8, 4) is 0 Å². The molecule has 4 aliphatic rings. The summed E-state index contributed by atoms with van der Waals surface area (Å²) in [6.07, 6.45) is 8.45. The number of carbonyl (C=O) groups is 3. The number of cyclic esters (lactones) is 1. The first-order valence-electron chi connectivity index (χ1n) is 12.5. The van der Waals surface area contributed by atoms with Gasteiger partial charge in [-0.2, -0.15) is 0 Å². The number of thioether (sulfide) groups is 1. The molecule has 0 saturated carbocycles. The predicted molar refractivity (Wildman–Crippen MR) is 136 cm³/mol. The summed E-state index contributed by atoms with van der Waals surface area (Å²) in [5.41, 5.74) is 1.53. The van der Waals surface area contributed by atoms with Crippen LogP contribution in [0.2, 0.25) is 0 Å². The zero-order valence-corrected chi connectivity index (χ0v) is 21.5. The Labute approximate surface area is 218 Å². The van der Waals surface area contributed by atoms with E-state index in [9.17, 15) is 19.5 Å². The van der Waals surface area contributed by atoms with Crippen LogP contribution in [0.5, 0.6) is 0 Å². The zero-order chi connectivity index (χ0) is 25.9. The van der Waals surface area contributed by atoms with E-state index in [2.05, 4.69) is 10.3 Å². The van der Waals surface area contributed by atoms with Crippen LogP contribution in [0.4, 0.5) is 0 Å². The zero-order valence-electron chi connectivity index (χ0n) is 20.7. The molecule has 5 heterocycles. The number of hydrogen-bond acceptors (Lipinski definition) is 8. The van der Waals surface area contributed by atoms with Crippen molar-refractivity contribution in [2.75, 3.05) is 19.8 Å². The van der Waals surface area contributed by atoms with Crippen LogP contribution in [0.3, 0.4) is 0 Å². The van der Waals surface area contributed by atoms with E-state index in [-0.39, 0.29) is 31.7 Å². The molecule has 2 amide bonds. The summed E-state index contributed by atoms with van der Waals surface area (Å²) in [5.74, 6) is -2.50. The molecular weight excluding hydrogens is 494 g/mol. The van der Waals surface area contributed by atoms with Crippen LogP contribution >= 0.6 is 11.8 Å². The van der Waals surface area contributed by atoms with Crippen LogP contribution in [0.25, 0.3) is 11.0 Å². The maximum Gasteiger partial charge on any atom is 0.311 e. The number of aliphatic hydroxyl groups is 1. The third-order valence-electron chi connectivity index (χ3n) is 8.00. The number of likely N-dealkylation sites (tertiary alicyclic amines) is 1. The number of ether oxygens (including phenoxy) is 1. The molecule has 1 spiro atoms. The molecule has 194 valence electrons. The minimum atomic E-state index is -0.982.